The molecule has 2 rings (SSSR count). The number of halogens is 2. The first kappa shape index (κ1) is 11.6. The van der Waals surface area contributed by atoms with Crippen LogP contribution in [0.5, 0.6) is 0 Å². The van der Waals surface area contributed by atoms with Gasteiger partial charge in [-0.2, -0.15) is 0 Å². The third kappa shape index (κ3) is 2.13. The number of rotatable bonds is 1. The van der Waals surface area contributed by atoms with Gasteiger partial charge in [0, 0.05) is 17.9 Å². The van der Waals surface area contributed by atoms with Crippen LogP contribution < -0.4 is 5.32 Å². The van der Waals surface area contributed by atoms with Crippen LogP contribution in [0, 0.1) is 11.8 Å². The second-order valence-electron chi connectivity index (χ2n) is 5.70. The number of alkyl halides is 2. The zero-order valence-electron chi connectivity index (χ0n) is 9.72. The van der Waals surface area contributed by atoms with Crippen LogP contribution in [0.4, 0.5) is 13.6 Å². The minimum absolute atomic E-state index is 0.149. The van der Waals surface area contributed by atoms with Crippen LogP contribution in [0.25, 0.3) is 0 Å². The summed E-state index contributed by atoms with van der Waals surface area (Å²) in [6.07, 6.45) is 0.232. The number of carbonyl (C=O) groups is 1. The number of alkyl carbamates (subject to hydrolysis) is 1. The van der Waals surface area contributed by atoms with E-state index in [-0.39, 0.29) is 6.04 Å². The summed E-state index contributed by atoms with van der Waals surface area (Å²) in [6, 6.07) is -0.149. The van der Waals surface area contributed by atoms with Crippen molar-refractivity contribution in [3.63, 3.8) is 0 Å². The largest absolute Gasteiger partial charge is 0.444 e. The normalized spacial score (nSPS) is 35.4. The SMILES string of the molecule is CC(C)(C)OC(=O)NC1C[C@@H]2[C@H](C1)C2(F)F. The minimum atomic E-state index is -2.48. The Labute approximate surface area is 93.5 Å². The van der Waals surface area contributed by atoms with Crippen LogP contribution >= 0.6 is 0 Å². The summed E-state index contributed by atoms with van der Waals surface area (Å²) >= 11 is 0. The van der Waals surface area contributed by atoms with Crippen molar-refractivity contribution in [1.82, 2.24) is 5.32 Å². The van der Waals surface area contributed by atoms with Crippen LogP contribution in [0.2, 0.25) is 0 Å². The van der Waals surface area contributed by atoms with Crippen LogP contribution in [-0.4, -0.2) is 23.7 Å². The molecule has 0 aromatic rings. The lowest BCUT2D eigenvalue weighted by Gasteiger charge is -2.22. The van der Waals surface area contributed by atoms with Crippen molar-refractivity contribution in [3.05, 3.63) is 0 Å². The average molecular weight is 233 g/mol. The quantitative estimate of drug-likeness (QED) is 0.755. The third-order valence-corrected chi connectivity index (χ3v) is 3.16. The molecule has 0 spiro atoms. The maximum atomic E-state index is 12.9. The topological polar surface area (TPSA) is 38.3 Å². The van der Waals surface area contributed by atoms with Crippen molar-refractivity contribution < 1.29 is 18.3 Å². The maximum Gasteiger partial charge on any atom is 0.407 e. The number of amides is 1. The van der Waals surface area contributed by atoms with E-state index < -0.39 is 29.5 Å². The Kier molecular flexibility index (Phi) is 2.40. The fraction of sp³-hybridized carbons (Fsp3) is 0.909. The molecule has 16 heavy (non-hydrogen) atoms. The molecule has 0 aromatic carbocycles. The van der Waals surface area contributed by atoms with E-state index in [0.29, 0.717) is 12.8 Å². The van der Waals surface area contributed by atoms with Crippen molar-refractivity contribution in [3.8, 4) is 0 Å². The predicted molar refractivity (Wildman–Crippen MR) is 54.3 cm³/mol. The monoisotopic (exact) mass is 233 g/mol. The molecule has 0 heterocycles. The van der Waals surface area contributed by atoms with Crippen molar-refractivity contribution in [2.75, 3.05) is 0 Å². The molecule has 2 fully saturated rings. The van der Waals surface area contributed by atoms with Gasteiger partial charge >= 0.3 is 6.09 Å². The van der Waals surface area contributed by atoms with Crippen LogP contribution in [-0.2, 0) is 4.74 Å². The van der Waals surface area contributed by atoms with Crippen molar-refractivity contribution in [1.29, 1.82) is 0 Å². The van der Waals surface area contributed by atoms with Gasteiger partial charge in [-0.3, -0.25) is 0 Å². The second kappa shape index (κ2) is 3.31. The minimum Gasteiger partial charge on any atom is -0.444 e. The smallest absolute Gasteiger partial charge is 0.407 e. The van der Waals surface area contributed by atoms with Gasteiger partial charge in [0.25, 0.3) is 5.92 Å². The summed E-state index contributed by atoms with van der Waals surface area (Å²) in [7, 11) is 0. The van der Waals surface area contributed by atoms with Gasteiger partial charge in [0.1, 0.15) is 5.60 Å². The Morgan fingerprint density at radius 2 is 1.81 bits per heavy atom. The molecular weight excluding hydrogens is 216 g/mol. The molecule has 2 saturated carbocycles. The summed E-state index contributed by atoms with van der Waals surface area (Å²) in [5.74, 6) is -3.52. The Morgan fingerprint density at radius 3 is 2.25 bits per heavy atom. The lowest BCUT2D eigenvalue weighted by Crippen LogP contribution is -2.39. The standard InChI is InChI=1S/C11H17F2NO2/c1-10(2,3)16-9(15)14-6-4-7-8(5-6)11(7,12)13/h6-8H,4-5H2,1-3H3,(H,14,15)/t6?,7-,8+. The van der Waals surface area contributed by atoms with E-state index in [1.807, 2.05) is 0 Å². The fourth-order valence-corrected chi connectivity index (χ4v) is 2.40. The molecule has 2 aliphatic carbocycles. The maximum absolute atomic E-state index is 12.9. The second-order valence-corrected chi connectivity index (χ2v) is 5.70. The molecule has 1 N–H and O–H groups in total. The molecule has 0 aromatic heterocycles. The Hall–Kier alpha value is -0.870. The molecular formula is C11H17F2NO2. The van der Waals surface area contributed by atoms with E-state index >= 15 is 0 Å². The summed E-state index contributed by atoms with van der Waals surface area (Å²) in [4.78, 5) is 11.4. The Balaban J connectivity index is 1.76. The lowest BCUT2D eigenvalue weighted by molar-refractivity contribution is 0.0437. The molecule has 0 aliphatic heterocycles. The first-order valence-electron chi connectivity index (χ1n) is 5.57. The summed E-state index contributed by atoms with van der Waals surface area (Å²) < 4.78 is 30.8. The molecule has 0 saturated heterocycles. The molecule has 0 bridgehead atoms. The van der Waals surface area contributed by atoms with Gasteiger partial charge in [-0.15, -0.1) is 0 Å². The number of hydrogen-bond acceptors (Lipinski definition) is 2. The molecule has 1 amide bonds. The van der Waals surface area contributed by atoms with E-state index in [0.717, 1.165) is 0 Å². The van der Waals surface area contributed by atoms with Crippen LogP contribution in [0.3, 0.4) is 0 Å². The summed E-state index contributed by atoms with van der Waals surface area (Å²) in [5, 5.41) is 2.64. The van der Waals surface area contributed by atoms with Crippen molar-refractivity contribution >= 4 is 6.09 Å². The van der Waals surface area contributed by atoms with E-state index in [2.05, 4.69) is 5.32 Å². The highest BCUT2D eigenvalue weighted by Gasteiger charge is 2.71. The van der Waals surface area contributed by atoms with Gasteiger partial charge < -0.3 is 10.1 Å². The number of hydrogen-bond donors (Lipinski definition) is 1. The van der Waals surface area contributed by atoms with Crippen LogP contribution in [0.15, 0.2) is 0 Å². The summed E-state index contributed by atoms with van der Waals surface area (Å²) in [5.41, 5.74) is -0.546. The van der Waals surface area contributed by atoms with Crippen LogP contribution in [0.1, 0.15) is 33.6 Å². The highest BCUT2D eigenvalue weighted by molar-refractivity contribution is 5.68. The molecule has 2 aliphatic rings. The fourth-order valence-electron chi connectivity index (χ4n) is 2.40. The highest BCUT2D eigenvalue weighted by Crippen LogP contribution is 2.63. The molecule has 3 nitrogen and oxygen atoms in total. The number of ether oxygens (including phenoxy) is 1. The van der Waals surface area contributed by atoms with E-state index in [9.17, 15) is 13.6 Å². The van der Waals surface area contributed by atoms with E-state index in [4.69, 9.17) is 4.74 Å². The summed E-state index contributed by atoms with van der Waals surface area (Å²) in [6.45, 7) is 5.31. The van der Waals surface area contributed by atoms with Crippen molar-refractivity contribution in [2.45, 2.75) is 51.2 Å². The number of nitrogens with one attached hydrogen (secondary N) is 1. The van der Waals surface area contributed by atoms with E-state index in [1.165, 1.54) is 0 Å². The zero-order chi connectivity index (χ0) is 12.1. The third-order valence-electron chi connectivity index (χ3n) is 3.16. The predicted octanol–water partition coefficient (Wildman–Crippen LogP) is 2.55. The van der Waals surface area contributed by atoms with E-state index in [1.54, 1.807) is 20.8 Å². The van der Waals surface area contributed by atoms with Gasteiger partial charge in [0.2, 0.25) is 0 Å². The molecule has 0 radical (unpaired) electrons. The van der Waals surface area contributed by atoms with Gasteiger partial charge in [-0.25, -0.2) is 13.6 Å². The highest BCUT2D eigenvalue weighted by atomic mass is 19.3. The molecule has 1 unspecified atom stereocenters. The van der Waals surface area contributed by atoms with Gasteiger partial charge in [-0.1, -0.05) is 0 Å². The molecule has 3 atom stereocenters. The Morgan fingerprint density at radius 1 is 1.31 bits per heavy atom. The van der Waals surface area contributed by atoms with Gasteiger partial charge in [-0.05, 0) is 33.6 Å². The first-order valence-corrected chi connectivity index (χ1v) is 5.57. The average Bonchev–Trinajstić information content (AvgIpc) is 2.45. The zero-order valence-corrected chi connectivity index (χ0v) is 9.72. The van der Waals surface area contributed by atoms with Crippen molar-refractivity contribution in [2.24, 2.45) is 11.8 Å². The Bertz CT molecular complexity index is 298. The lowest BCUT2D eigenvalue weighted by atomic mass is 10.1. The van der Waals surface area contributed by atoms with Gasteiger partial charge in [0.05, 0.1) is 0 Å². The number of fused-ring (bicyclic) bond motifs is 1. The number of carbonyl (C=O) groups excluding carboxylic acids is 1. The first-order chi connectivity index (χ1) is 7.20. The van der Waals surface area contributed by atoms with Gasteiger partial charge in [0.15, 0.2) is 0 Å². The molecule has 5 heteroatoms. The molecule has 92 valence electrons.